The van der Waals surface area contributed by atoms with Gasteiger partial charge in [0.05, 0.1) is 31.0 Å². The van der Waals surface area contributed by atoms with Crippen LogP contribution in [0.3, 0.4) is 0 Å². The van der Waals surface area contributed by atoms with Crippen molar-refractivity contribution in [3.05, 3.63) is 144 Å². The first kappa shape index (κ1) is 53.6. The van der Waals surface area contributed by atoms with Gasteiger partial charge in [0.15, 0.2) is 0 Å². The number of carbonyl (C=O) groups excluding carboxylic acids is 5. The number of Topliss-reactive ketones (excluding diaryl/α,β-unsaturated/α-hetero) is 2. The van der Waals surface area contributed by atoms with Crippen molar-refractivity contribution < 1.29 is 43.3 Å². The fraction of sp³-hybridized carbons (Fsp3) is 0.444. The van der Waals surface area contributed by atoms with Crippen molar-refractivity contribution in [1.29, 1.82) is 0 Å². The first-order valence-electron chi connectivity index (χ1n) is 23.7. The second-order valence-electron chi connectivity index (χ2n) is 17.0. The van der Waals surface area contributed by atoms with E-state index in [0.717, 1.165) is 51.9 Å². The molecule has 4 saturated carbocycles. The number of nitrogens with zero attached hydrogens (tertiary/aromatic N) is 2. The van der Waals surface area contributed by atoms with E-state index in [1.54, 1.807) is 6.92 Å². The first-order chi connectivity index (χ1) is 32.5. The van der Waals surface area contributed by atoms with Crippen LogP contribution in [0.1, 0.15) is 101 Å². The number of carboxylic acids is 1. The maximum atomic E-state index is 11.9. The number of hydrazine groups is 1. The number of hydrogen-bond donors (Lipinski definition) is 3. The fourth-order valence-corrected chi connectivity index (χ4v) is 8.04. The molecule has 0 aromatic heterocycles. The Morgan fingerprint density at radius 1 is 0.522 bits per heavy atom. The van der Waals surface area contributed by atoms with Gasteiger partial charge in [0.1, 0.15) is 11.6 Å². The van der Waals surface area contributed by atoms with Gasteiger partial charge >= 0.3 is 17.9 Å². The summed E-state index contributed by atoms with van der Waals surface area (Å²) in [6.45, 7) is 12.1. The normalized spacial score (nSPS) is 19.2. The van der Waals surface area contributed by atoms with E-state index in [4.69, 9.17) is 20.4 Å². The molecule has 1 amide bonds. The highest BCUT2D eigenvalue weighted by Crippen LogP contribution is 2.35. The summed E-state index contributed by atoms with van der Waals surface area (Å²) in [6, 6.07) is 42.9. The van der Waals surface area contributed by atoms with E-state index in [1.807, 2.05) is 45.0 Å². The number of amides is 1. The summed E-state index contributed by atoms with van der Waals surface area (Å²) in [5.41, 5.74) is 7.50. The molecule has 0 atom stereocenters. The molecule has 0 aliphatic heterocycles. The van der Waals surface area contributed by atoms with Crippen LogP contribution < -0.4 is 11.3 Å². The SMILES string of the molecule is CC.CCOC(=O)C1CC(=O)C1.CCOC(=O)C1CC(N(Cc2ccccc2)Cc2ccccc2)C1.NNC(=O)C1CC(N(Cc2ccccc2)Cc2ccccc2)C1.O=C1CC(C(=O)O)C1. The summed E-state index contributed by atoms with van der Waals surface area (Å²) in [5.74, 6) is 3.95. The molecule has 360 valence electrons. The van der Waals surface area contributed by atoms with E-state index in [-0.39, 0.29) is 65.9 Å². The van der Waals surface area contributed by atoms with Gasteiger partial charge in [-0.1, -0.05) is 135 Å². The molecule has 8 rings (SSSR count). The van der Waals surface area contributed by atoms with Crippen molar-refractivity contribution in [2.75, 3.05) is 13.2 Å². The van der Waals surface area contributed by atoms with Crippen LogP contribution in [0.15, 0.2) is 121 Å². The number of hydrogen-bond acceptors (Lipinski definition) is 11. The van der Waals surface area contributed by atoms with Crippen molar-refractivity contribution in [3.8, 4) is 0 Å². The Bertz CT molecular complexity index is 2010. The summed E-state index contributed by atoms with van der Waals surface area (Å²) in [5, 5.41) is 8.20. The van der Waals surface area contributed by atoms with Crippen LogP contribution in [-0.2, 0) is 64.4 Å². The van der Waals surface area contributed by atoms with E-state index in [0.29, 0.717) is 38.1 Å². The van der Waals surface area contributed by atoms with Gasteiger partial charge in [-0.15, -0.1) is 0 Å². The fourth-order valence-electron chi connectivity index (χ4n) is 8.04. The summed E-state index contributed by atoms with van der Waals surface area (Å²) < 4.78 is 9.86. The number of esters is 2. The summed E-state index contributed by atoms with van der Waals surface area (Å²) in [6.07, 6.45) is 4.82. The Hall–Kier alpha value is -6.02. The Kier molecular flexibility index (Phi) is 23.1. The van der Waals surface area contributed by atoms with Crippen LogP contribution >= 0.6 is 0 Å². The highest BCUT2D eigenvalue weighted by atomic mass is 16.5. The van der Waals surface area contributed by atoms with Crippen molar-refractivity contribution >= 4 is 35.4 Å². The lowest BCUT2D eigenvalue weighted by Crippen LogP contribution is -2.50. The second kappa shape index (κ2) is 28.9. The summed E-state index contributed by atoms with van der Waals surface area (Å²) in [4.78, 5) is 69.8. The molecule has 4 N–H and O–H groups in total. The number of nitrogens with two attached hydrogens (primary N) is 1. The first-order valence-corrected chi connectivity index (χ1v) is 23.7. The van der Waals surface area contributed by atoms with Crippen LogP contribution in [0.25, 0.3) is 0 Å². The number of nitrogens with one attached hydrogen (secondary N) is 1. The smallest absolute Gasteiger partial charge is 0.309 e. The minimum Gasteiger partial charge on any atom is -0.481 e. The van der Waals surface area contributed by atoms with Crippen LogP contribution in [0.4, 0.5) is 0 Å². The molecule has 4 fully saturated rings. The number of carbonyl (C=O) groups is 6. The highest BCUT2D eigenvalue weighted by Gasteiger charge is 2.39. The van der Waals surface area contributed by atoms with E-state index in [2.05, 4.69) is 112 Å². The number of aliphatic carboxylic acids is 1. The standard InChI is InChI=1S/C21H25NO2.C19H23N3O.C7H10O3.C5H6O3.C2H6/c1-2-24-21(23)19-13-20(14-19)22(15-17-9-5-3-6-10-17)16-18-11-7-4-8-12-18;20-21-19(23)17-11-18(12-17)22(13-15-7-3-1-4-8-15)14-16-9-5-2-6-10-16;1-2-10-7(9)5-3-6(8)4-5;6-4-1-3(2-4)5(7)8;1-2/h3-12,19-20H,2,13-16H2,1H3;1-10,17-18H,11-14,20H2,(H,21,23);5H,2-4H2,1H3;3H,1-2H2,(H,7,8);1-2H3. The maximum Gasteiger partial charge on any atom is 0.309 e. The monoisotopic (exact) mass is 919 g/mol. The molecule has 13 heteroatoms. The largest absolute Gasteiger partial charge is 0.481 e. The molecule has 4 aliphatic carbocycles. The number of benzene rings is 4. The molecule has 0 bridgehead atoms. The molecular weight excluding hydrogens is 849 g/mol. The second-order valence-corrected chi connectivity index (χ2v) is 17.0. The lowest BCUT2D eigenvalue weighted by atomic mass is 9.78. The molecule has 0 spiro atoms. The predicted molar refractivity (Wildman–Crippen MR) is 257 cm³/mol. The third-order valence-corrected chi connectivity index (χ3v) is 12.2. The van der Waals surface area contributed by atoms with E-state index < -0.39 is 5.97 Å². The summed E-state index contributed by atoms with van der Waals surface area (Å²) >= 11 is 0. The minimum absolute atomic E-state index is 0.0341. The minimum atomic E-state index is -0.843. The Morgan fingerprint density at radius 2 is 0.821 bits per heavy atom. The molecule has 4 aliphatic rings. The topological polar surface area (TPSA) is 186 Å². The van der Waals surface area contributed by atoms with Crippen molar-refractivity contribution in [3.63, 3.8) is 0 Å². The van der Waals surface area contributed by atoms with Gasteiger partial charge in [-0.2, -0.15) is 0 Å². The van der Waals surface area contributed by atoms with Gasteiger partial charge in [-0.05, 0) is 61.8 Å². The number of ketones is 2. The molecular formula is C54H70N4O9. The molecule has 13 nitrogen and oxygen atoms in total. The highest BCUT2D eigenvalue weighted by molar-refractivity contribution is 5.94. The third-order valence-electron chi connectivity index (χ3n) is 12.2. The zero-order chi connectivity index (χ0) is 48.6. The van der Waals surface area contributed by atoms with Crippen LogP contribution in [0, 0.1) is 23.7 Å². The van der Waals surface area contributed by atoms with Crippen LogP contribution in [0.2, 0.25) is 0 Å². The Labute approximate surface area is 396 Å². The quantitative estimate of drug-likeness (QED) is 0.0425. The zero-order valence-corrected chi connectivity index (χ0v) is 39.6. The number of carboxylic acid groups (broad SMARTS) is 1. The summed E-state index contributed by atoms with van der Waals surface area (Å²) in [7, 11) is 0. The van der Waals surface area contributed by atoms with Crippen LogP contribution in [-0.4, -0.2) is 75.6 Å². The number of ether oxygens (including phenoxy) is 2. The van der Waals surface area contributed by atoms with Gasteiger partial charge < -0.3 is 14.6 Å². The molecule has 0 saturated heterocycles. The number of rotatable bonds is 16. The van der Waals surface area contributed by atoms with Gasteiger partial charge in [0.2, 0.25) is 5.91 Å². The van der Waals surface area contributed by atoms with E-state index >= 15 is 0 Å². The maximum absolute atomic E-state index is 11.9. The third kappa shape index (κ3) is 18.0. The van der Waals surface area contributed by atoms with Gasteiger partial charge in [0, 0.05) is 69.9 Å². The van der Waals surface area contributed by atoms with Gasteiger partial charge in [0.25, 0.3) is 0 Å². The average Bonchev–Trinajstić information content (AvgIpc) is 3.28. The average molecular weight is 919 g/mol. The molecule has 67 heavy (non-hydrogen) atoms. The molecule has 0 heterocycles. The Balaban J connectivity index is 0.000000210. The van der Waals surface area contributed by atoms with Crippen molar-refractivity contribution in [2.45, 2.75) is 117 Å². The molecule has 0 unspecified atom stereocenters. The van der Waals surface area contributed by atoms with E-state index in [9.17, 15) is 28.8 Å². The zero-order valence-electron chi connectivity index (χ0n) is 39.6. The lowest BCUT2D eigenvalue weighted by molar-refractivity contribution is -0.155. The van der Waals surface area contributed by atoms with E-state index in [1.165, 1.54) is 22.3 Å². The van der Waals surface area contributed by atoms with Crippen molar-refractivity contribution in [2.24, 2.45) is 29.5 Å². The predicted octanol–water partition coefficient (Wildman–Crippen LogP) is 8.09. The molecule has 4 aromatic carbocycles. The van der Waals surface area contributed by atoms with Crippen LogP contribution in [0.5, 0.6) is 0 Å². The molecule has 4 aromatic rings. The van der Waals surface area contributed by atoms with Gasteiger partial charge in [-0.25, -0.2) is 5.84 Å². The molecule has 0 radical (unpaired) electrons. The van der Waals surface area contributed by atoms with Gasteiger partial charge in [-0.3, -0.25) is 44.0 Å². The van der Waals surface area contributed by atoms with Crippen molar-refractivity contribution in [1.82, 2.24) is 15.2 Å². The Morgan fingerprint density at radius 3 is 1.09 bits per heavy atom. The lowest BCUT2D eigenvalue weighted by Gasteiger charge is -2.42.